The van der Waals surface area contributed by atoms with Crippen molar-refractivity contribution in [2.24, 2.45) is 4.99 Å². The van der Waals surface area contributed by atoms with Gasteiger partial charge in [0.1, 0.15) is 0 Å². The molecule has 0 amide bonds. The van der Waals surface area contributed by atoms with Crippen molar-refractivity contribution in [3.63, 3.8) is 0 Å². The number of hydrogen-bond donors (Lipinski definition) is 2. The largest absolute Gasteiger partial charge is 0.385 e. The van der Waals surface area contributed by atoms with E-state index in [4.69, 9.17) is 9.47 Å². The van der Waals surface area contributed by atoms with Crippen molar-refractivity contribution in [3.8, 4) is 0 Å². The van der Waals surface area contributed by atoms with Gasteiger partial charge in [-0.15, -0.1) is 11.3 Å². The van der Waals surface area contributed by atoms with E-state index >= 15 is 0 Å². The molecule has 5 nitrogen and oxygen atoms in total. The third-order valence-electron chi connectivity index (χ3n) is 3.62. The van der Waals surface area contributed by atoms with Crippen molar-refractivity contribution in [3.05, 3.63) is 22.4 Å². The van der Waals surface area contributed by atoms with Crippen LogP contribution in [-0.4, -0.2) is 45.5 Å². The Morgan fingerprint density at radius 2 is 2.50 bits per heavy atom. The van der Waals surface area contributed by atoms with Crippen LogP contribution in [0.5, 0.6) is 0 Å². The van der Waals surface area contributed by atoms with E-state index in [0.29, 0.717) is 0 Å². The summed E-state index contributed by atoms with van der Waals surface area (Å²) in [6.07, 6.45) is 3.50. The van der Waals surface area contributed by atoms with Crippen molar-refractivity contribution >= 4 is 17.3 Å². The highest BCUT2D eigenvalue weighted by Gasteiger charge is 2.15. The van der Waals surface area contributed by atoms with E-state index in [1.54, 1.807) is 18.4 Å². The average Bonchev–Trinajstić information content (AvgIpc) is 3.22. The number of nitrogens with one attached hydrogen (secondary N) is 2. The Bertz CT molecular complexity index is 431. The van der Waals surface area contributed by atoms with Gasteiger partial charge < -0.3 is 20.1 Å². The first-order valence-electron chi connectivity index (χ1n) is 7.98. The van der Waals surface area contributed by atoms with Gasteiger partial charge in [-0.3, -0.25) is 4.99 Å². The van der Waals surface area contributed by atoms with Crippen molar-refractivity contribution in [1.29, 1.82) is 0 Å². The highest BCUT2D eigenvalue weighted by Crippen LogP contribution is 2.18. The van der Waals surface area contributed by atoms with Crippen LogP contribution in [0.1, 0.15) is 37.1 Å². The second-order valence-corrected chi connectivity index (χ2v) is 6.46. The first-order valence-corrected chi connectivity index (χ1v) is 8.86. The Morgan fingerprint density at radius 1 is 1.59 bits per heavy atom. The first kappa shape index (κ1) is 17.2. The van der Waals surface area contributed by atoms with E-state index in [2.05, 4.69) is 40.1 Å². The van der Waals surface area contributed by atoms with Crippen LogP contribution in [0.2, 0.25) is 0 Å². The van der Waals surface area contributed by atoms with E-state index in [0.717, 1.165) is 51.5 Å². The fraction of sp³-hybridized carbons (Fsp3) is 0.688. The maximum atomic E-state index is 5.64. The van der Waals surface area contributed by atoms with E-state index in [-0.39, 0.29) is 12.1 Å². The van der Waals surface area contributed by atoms with Gasteiger partial charge in [0, 0.05) is 31.7 Å². The topological polar surface area (TPSA) is 54.9 Å². The third kappa shape index (κ3) is 5.94. The molecular weight excluding hydrogens is 298 g/mol. The predicted octanol–water partition coefficient (Wildman–Crippen LogP) is 2.56. The molecule has 0 aliphatic carbocycles. The summed E-state index contributed by atoms with van der Waals surface area (Å²) in [5.41, 5.74) is 0. The predicted molar refractivity (Wildman–Crippen MR) is 91.6 cm³/mol. The van der Waals surface area contributed by atoms with Crippen molar-refractivity contribution < 1.29 is 9.47 Å². The smallest absolute Gasteiger partial charge is 0.191 e. The lowest BCUT2D eigenvalue weighted by Crippen LogP contribution is -2.40. The van der Waals surface area contributed by atoms with E-state index < -0.39 is 0 Å². The van der Waals surface area contributed by atoms with Gasteiger partial charge >= 0.3 is 0 Å². The molecule has 0 aromatic carbocycles. The molecule has 22 heavy (non-hydrogen) atoms. The molecule has 2 heterocycles. The number of rotatable bonds is 8. The Hall–Kier alpha value is -1.11. The molecule has 6 heteroatoms. The summed E-state index contributed by atoms with van der Waals surface area (Å²) >= 11 is 1.76. The number of aliphatic imine (C=N–C) groups is 1. The number of hydrogen-bond acceptors (Lipinski definition) is 4. The highest BCUT2D eigenvalue weighted by molar-refractivity contribution is 7.10. The Morgan fingerprint density at radius 3 is 3.18 bits per heavy atom. The first-order chi connectivity index (χ1) is 10.8. The van der Waals surface area contributed by atoms with Gasteiger partial charge in [-0.1, -0.05) is 6.07 Å². The van der Waals surface area contributed by atoms with Crippen molar-refractivity contribution in [2.45, 2.75) is 38.3 Å². The molecule has 1 aromatic rings. The lowest BCUT2D eigenvalue weighted by atomic mass is 10.2. The quantitative estimate of drug-likeness (QED) is 0.438. The maximum absolute atomic E-state index is 5.64. The van der Waals surface area contributed by atoms with Crippen LogP contribution in [0.25, 0.3) is 0 Å². The second-order valence-electron chi connectivity index (χ2n) is 5.48. The van der Waals surface area contributed by atoms with Gasteiger partial charge in [0.25, 0.3) is 0 Å². The molecule has 0 saturated carbocycles. The van der Waals surface area contributed by atoms with Gasteiger partial charge in [0.05, 0.1) is 18.7 Å². The number of thiophene rings is 1. The molecule has 124 valence electrons. The molecule has 0 spiro atoms. The van der Waals surface area contributed by atoms with Gasteiger partial charge in [-0.05, 0) is 37.6 Å². The lowest BCUT2D eigenvalue weighted by molar-refractivity contribution is 0.117. The van der Waals surface area contributed by atoms with Crippen LogP contribution in [-0.2, 0) is 9.47 Å². The van der Waals surface area contributed by atoms with Crippen LogP contribution in [0.15, 0.2) is 22.5 Å². The van der Waals surface area contributed by atoms with E-state index in [9.17, 15) is 0 Å². The fourth-order valence-corrected chi connectivity index (χ4v) is 3.11. The normalized spacial score (nSPS) is 20.1. The fourth-order valence-electron chi connectivity index (χ4n) is 2.37. The van der Waals surface area contributed by atoms with Crippen LogP contribution in [0.3, 0.4) is 0 Å². The zero-order chi connectivity index (χ0) is 15.6. The standard InChI is InChI=1S/C16H27N3O2S/c1-13(15-7-4-11-22-15)19-16(17-8-5-9-20-2)18-12-14-6-3-10-21-14/h4,7,11,13-14H,3,5-6,8-10,12H2,1-2H3,(H2,17,18,19)/t13-,14+/m1/s1. The minimum absolute atomic E-state index is 0.248. The Balaban J connectivity index is 1.86. The number of ether oxygens (including phenoxy) is 2. The highest BCUT2D eigenvalue weighted by atomic mass is 32.1. The van der Waals surface area contributed by atoms with Gasteiger partial charge in [0.2, 0.25) is 0 Å². The number of guanidine groups is 1. The summed E-state index contributed by atoms with van der Waals surface area (Å²) in [5, 5.41) is 8.95. The van der Waals surface area contributed by atoms with Crippen LogP contribution >= 0.6 is 11.3 Å². The van der Waals surface area contributed by atoms with Crippen LogP contribution in [0, 0.1) is 0 Å². The molecule has 2 N–H and O–H groups in total. The zero-order valence-corrected chi connectivity index (χ0v) is 14.3. The van der Waals surface area contributed by atoms with Crippen molar-refractivity contribution in [1.82, 2.24) is 10.6 Å². The number of nitrogens with zero attached hydrogens (tertiary/aromatic N) is 1. The SMILES string of the molecule is COCCCNC(=NC[C@@H]1CCCO1)N[C@H](C)c1cccs1. The molecule has 1 aromatic heterocycles. The molecule has 1 fully saturated rings. The number of methoxy groups -OCH3 is 1. The monoisotopic (exact) mass is 325 g/mol. The summed E-state index contributed by atoms with van der Waals surface area (Å²) in [7, 11) is 1.73. The summed E-state index contributed by atoms with van der Waals surface area (Å²) in [4.78, 5) is 6.00. The average molecular weight is 325 g/mol. The maximum Gasteiger partial charge on any atom is 0.191 e. The molecule has 2 atom stereocenters. The van der Waals surface area contributed by atoms with Gasteiger partial charge in [-0.25, -0.2) is 0 Å². The van der Waals surface area contributed by atoms with Crippen LogP contribution in [0.4, 0.5) is 0 Å². The summed E-state index contributed by atoms with van der Waals surface area (Å²) in [6.45, 7) is 5.35. The summed E-state index contributed by atoms with van der Waals surface area (Å²) in [6, 6.07) is 4.47. The zero-order valence-electron chi connectivity index (χ0n) is 13.5. The molecule has 1 saturated heterocycles. The third-order valence-corrected chi connectivity index (χ3v) is 4.67. The summed E-state index contributed by atoms with van der Waals surface area (Å²) in [5.74, 6) is 0.854. The molecule has 1 aliphatic heterocycles. The Kier molecular flexibility index (Phi) is 7.70. The minimum atomic E-state index is 0.248. The minimum Gasteiger partial charge on any atom is -0.385 e. The Labute approximate surface area is 137 Å². The lowest BCUT2D eigenvalue weighted by Gasteiger charge is -2.18. The van der Waals surface area contributed by atoms with E-state index in [1.165, 1.54) is 4.88 Å². The van der Waals surface area contributed by atoms with Gasteiger partial charge in [0.15, 0.2) is 5.96 Å². The molecule has 1 aliphatic rings. The van der Waals surface area contributed by atoms with E-state index in [1.807, 2.05) is 0 Å². The van der Waals surface area contributed by atoms with Gasteiger partial charge in [-0.2, -0.15) is 0 Å². The molecule has 0 unspecified atom stereocenters. The second kappa shape index (κ2) is 9.82. The molecule has 2 rings (SSSR count). The molecule has 0 bridgehead atoms. The summed E-state index contributed by atoms with van der Waals surface area (Å²) < 4.78 is 10.7. The van der Waals surface area contributed by atoms with Crippen LogP contribution < -0.4 is 10.6 Å². The van der Waals surface area contributed by atoms with Crippen molar-refractivity contribution in [2.75, 3.05) is 33.4 Å². The molecule has 0 radical (unpaired) electrons. The molecular formula is C16H27N3O2S.